The molecule has 0 aliphatic carbocycles. The van der Waals surface area contributed by atoms with Gasteiger partial charge in [0.2, 0.25) is 0 Å². The third-order valence-corrected chi connectivity index (χ3v) is 5.71. The Kier molecular flexibility index (Phi) is 5.85. The number of anilines is 1. The first-order valence-electron chi connectivity index (χ1n) is 9.57. The van der Waals surface area contributed by atoms with Crippen molar-refractivity contribution in [3.63, 3.8) is 0 Å². The van der Waals surface area contributed by atoms with Crippen molar-refractivity contribution in [1.82, 2.24) is 5.43 Å². The minimum Gasteiger partial charge on any atom is -0.375 e. The van der Waals surface area contributed by atoms with Crippen LogP contribution in [-0.4, -0.2) is 22.6 Å². The van der Waals surface area contributed by atoms with Crippen molar-refractivity contribution in [2.75, 3.05) is 5.32 Å². The number of nitrogens with one attached hydrogen (secondary N) is 2. The number of hydrogen-bond donors (Lipinski definition) is 3. The highest BCUT2D eigenvalue weighted by Crippen LogP contribution is 2.44. The Morgan fingerprint density at radius 3 is 2.72 bits per heavy atom. The van der Waals surface area contributed by atoms with Gasteiger partial charge in [0.05, 0.1) is 22.5 Å². The van der Waals surface area contributed by atoms with E-state index in [1.165, 1.54) is 12.1 Å². The normalized spacial score (nSPS) is 17.6. The fourth-order valence-electron chi connectivity index (χ4n) is 3.70. The number of rotatable bonds is 5. The Morgan fingerprint density at radius 1 is 1.19 bits per heavy atom. The first-order chi connectivity index (χ1) is 15.3. The Morgan fingerprint density at radius 2 is 1.94 bits per heavy atom. The fourth-order valence-corrected chi connectivity index (χ4v) is 4.24. The third kappa shape index (κ3) is 3.92. The number of carbonyl (C=O) groups is 2. The van der Waals surface area contributed by atoms with E-state index in [0.717, 1.165) is 10.8 Å². The van der Waals surface area contributed by atoms with E-state index in [9.17, 15) is 14.7 Å². The number of nitriles is 1. The van der Waals surface area contributed by atoms with Crippen molar-refractivity contribution in [2.45, 2.75) is 18.4 Å². The summed E-state index contributed by atoms with van der Waals surface area (Å²) in [5.41, 5.74) is 1.65. The minimum atomic E-state index is -2.03. The monoisotopic (exact) mass is 466 g/mol. The van der Waals surface area contributed by atoms with Crippen LogP contribution in [0.5, 0.6) is 0 Å². The van der Waals surface area contributed by atoms with Crippen molar-refractivity contribution >= 4 is 57.2 Å². The van der Waals surface area contributed by atoms with Gasteiger partial charge in [-0.2, -0.15) is 10.4 Å². The Hall–Kier alpha value is -3.44. The van der Waals surface area contributed by atoms with Crippen LogP contribution in [0.3, 0.4) is 0 Å². The van der Waals surface area contributed by atoms with Crippen LogP contribution in [0.4, 0.5) is 5.69 Å². The molecule has 1 aliphatic rings. The van der Waals surface area contributed by atoms with Gasteiger partial charge in [-0.15, -0.1) is 0 Å². The smallest absolute Gasteiger partial charge is 0.261 e. The maximum atomic E-state index is 12.8. The molecule has 7 nitrogen and oxygen atoms in total. The summed E-state index contributed by atoms with van der Waals surface area (Å²) >= 11 is 12.3. The second-order valence-electron chi connectivity index (χ2n) is 7.26. The number of hydrazone groups is 1. The van der Waals surface area contributed by atoms with Gasteiger partial charge in [0.15, 0.2) is 5.60 Å². The Labute approximate surface area is 193 Å². The molecule has 1 atom stereocenters. The molecule has 4 rings (SSSR count). The molecule has 1 aliphatic heterocycles. The van der Waals surface area contributed by atoms with Gasteiger partial charge >= 0.3 is 0 Å². The first-order valence-corrected chi connectivity index (χ1v) is 10.3. The van der Waals surface area contributed by atoms with Crippen LogP contribution in [-0.2, 0) is 15.2 Å². The quantitative estimate of drug-likeness (QED) is 0.387. The average molecular weight is 467 g/mol. The van der Waals surface area contributed by atoms with E-state index in [1.807, 2.05) is 36.4 Å². The first kappa shape index (κ1) is 21.8. The summed E-state index contributed by atoms with van der Waals surface area (Å²) in [5, 5.41) is 29.2. The predicted octanol–water partition coefficient (Wildman–Crippen LogP) is 4.11. The molecule has 0 saturated carbocycles. The molecule has 160 valence electrons. The van der Waals surface area contributed by atoms with Gasteiger partial charge in [-0.1, -0.05) is 65.7 Å². The van der Waals surface area contributed by atoms with Crippen LogP contribution >= 0.6 is 23.2 Å². The van der Waals surface area contributed by atoms with Crippen molar-refractivity contribution in [1.29, 1.82) is 5.26 Å². The van der Waals surface area contributed by atoms with Gasteiger partial charge in [-0.05, 0) is 22.9 Å². The number of hydrogen-bond acceptors (Lipinski definition) is 5. The lowest BCUT2D eigenvalue weighted by Crippen LogP contribution is -2.37. The Bertz CT molecular complexity index is 1330. The van der Waals surface area contributed by atoms with E-state index in [0.29, 0.717) is 5.56 Å². The van der Waals surface area contributed by atoms with Crippen LogP contribution in [0.25, 0.3) is 10.8 Å². The van der Waals surface area contributed by atoms with Crippen molar-refractivity contribution in [2.24, 2.45) is 5.10 Å². The van der Waals surface area contributed by atoms with E-state index in [1.54, 1.807) is 12.1 Å². The molecular weight excluding hydrogens is 451 g/mol. The van der Waals surface area contributed by atoms with Crippen LogP contribution < -0.4 is 10.7 Å². The molecule has 0 saturated heterocycles. The fraction of sp³-hybridized carbons (Fsp3) is 0.130. The molecule has 0 radical (unpaired) electrons. The molecule has 0 spiro atoms. The molecule has 2 amide bonds. The highest BCUT2D eigenvalue weighted by Gasteiger charge is 2.47. The summed E-state index contributed by atoms with van der Waals surface area (Å²) in [4.78, 5) is 24.7. The van der Waals surface area contributed by atoms with Crippen molar-refractivity contribution in [3.8, 4) is 6.07 Å². The predicted molar refractivity (Wildman–Crippen MR) is 122 cm³/mol. The molecule has 3 N–H and O–H groups in total. The number of nitrogens with zero attached hydrogens (tertiary/aromatic N) is 2. The van der Waals surface area contributed by atoms with E-state index in [2.05, 4.69) is 15.8 Å². The zero-order chi connectivity index (χ0) is 22.9. The maximum absolute atomic E-state index is 12.8. The molecule has 3 aromatic rings. The highest BCUT2D eigenvalue weighted by molar-refractivity contribution is 6.38. The number of aliphatic hydroxyl groups is 1. The van der Waals surface area contributed by atoms with Gasteiger partial charge in [-0.25, -0.2) is 5.43 Å². The van der Waals surface area contributed by atoms with E-state index < -0.39 is 17.4 Å². The molecule has 3 aromatic carbocycles. The number of benzene rings is 3. The number of halogens is 2. The number of fused-ring (bicyclic) bond motifs is 2. The molecule has 1 heterocycles. The van der Waals surface area contributed by atoms with Crippen LogP contribution in [0.15, 0.2) is 59.7 Å². The lowest BCUT2D eigenvalue weighted by atomic mass is 9.86. The third-order valence-electron chi connectivity index (χ3n) is 5.19. The summed E-state index contributed by atoms with van der Waals surface area (Å²) in [6.07, 6.45) is -0.658. The molecule has 32 heavy (non-hydrogen) atoms. The summed E-state index contributed by atoms with van der Waals surface area (Å²) in [5.74, 6) is -1.30. The molecule has 1 unspecified atom stereocenters. The van der Waals surface area contributed by atoms with Crippen LogP contribution in [0.2, 0.25) is 10.0 Å². The number of amides is 2. The largest absolute Gasteiger partial charge is 0.375 e. The van der Waals surface area contributed by atoms with Gasteiger partial charge < -0.3 is 10.4 Å². The molecule has 0 aromatic heterocycles. The zero-order valence-electron chi connectivity index (χ0n) is 16.5. The average Bonchev–Trinajstić information content (AvgIpc) is 3.02. The SMILES string of the molecule is N#CCC(=O)N/N=C(/CC1(O)C(=O)Nc2c(Cl)cc(Cl)cc21)c1cccc2ccccc12. The van der Waals surface area contributed by atoms with Gasteiger partial charge in [-0.3, -0.25) is 9.59 Å². The van der Waals surface area contributed by atoms with Gasteiger partial charge in [0, 0.05) is 22.6 Å². The molecular formula is C23H16Cl2N4O3. The van der Waals surface area contributed by atoms with Gasteiger partial charge in [0.1, 0.15) is 6.42 Å². The van der Waals surface area contributed by atoms with Crippen LogP contribution in [0, 0.1) is 11.3 Å². The van der Waals surface area contributed by atoms with Crippen molar-refractivity contribution < 1.29 is 14.7 Å². The lowest BCUT2D eigenvalue weighted by molar-refractivity contribution is -0.132. The van der Waals surface area contributed by atoms with E-state index in [-0.39, 0.29) is 39.8 Å². The van der Waals surface area contributed by atoms with Crippen LogP contribution in [0.1, 0.15) is 24.0 Å². The second kappa shape index (κ2) is 8.60. The van der Waals surface area contributed by atoms with Gasteiger partial charge in [0.25, 0.3) is 11.8 Å². The zero-order valence-corrected chi connectivity index (χ0v) is 18.0. The summed E-state index contributed by atoms with van der Waals surface area (Å²) in [7, 11) is 0. The summed E-state index contributed by atoms with van der Waals surface area (Å²) < 4.78 is 0. The van der Waals surface area contributed by atoms with E-state index >= 15 is 0 Å². The van der Waals surface area contributed by atoms with E-state index in [4.69, 9.17) is 28.5 Å². The minimum absolute atomic E-state index is 0.197. The topological polar surface area (TPSA) is 115 Å². The molecule has 9 heteroatoms. The maximum Gasteiger partial charge on any atom is 0.261 e. The highest BCUT2D eigenvalue weighted by atomic mass is 35.5. The summed E-state index contributed by atoms with van der Waals surface area (Å²) in [6.45, 7) is 0. The number of carbonyl (C=O) groups excluding carboxylic acids is 2. The lowest BCUT2D eigenvalue weighted by Gasteiger charge is -2.23. The molecule has 0 bridgehead atoms. The second-order valence-corrected chi connectivity index (χ2v) is 8.10. The van der Waals surface area contributed by atoms with Crippen molar-refractivity contribution in [3.05, 3.63) is 75.8 Å². The standard InChI is InChI=1S/C23H16Cl2N4O3/c24-14-10-17-21(18(25)11-14)27-22(31)23(17,32)12-19(28-29-20(30)8-9-26)16-7-3-5-13-4-1-2-6-15(13)16/h1-7,10-11,32H,8,12H2,(H,27,31)(H,29,30)/b28-19-. The molecule has 0 fully saturated rings. The summed E-state index contributed by atoms with van der Waals surface area (Å²) in [6, 6.07) is 17.7. The Balaban J connectivity index is 1.84.